The Morgan fingerprint density at radius 2 is 2.00 bits per heavy atom. The molecule has 1 unspecified atom stereocenters. The first kappa shape index (κ1) is 20.1. The van der Waals surface area contributed by atoms with Gasteiger partial charge in [0.15, 0.2) is 0 Å². The number of aromatic amines is 2. The molecule has 1 amide bonds. The number of nitrogens with one attached hydrogen (secondary N) is 2. The molecule has 4 aromatic rings. The third kappa shape index (κ3) is 4.39. The summed E-state index contributed by atoms with van der Waals surface area (Å²) in [7, 11) is 0. The number of ether oxygens (including phenoxy) is 2. The first-order valence-corrected chi connectivity index (χ1v) is 8.75. The Morgan fingerprint density at radius 1 is 1.16 bits per heavy atom. The maximum absolute atomic E-state index is 13.2. The molecule has 4 rings (SSSR count). The van der Waals surface area contributed by atoms with Gasteiger partial charge in [0, 0.05) is 40.7 Å². The summed E-state index contributed by atoms with van der Waals surface area (Å²) < 4.78 is 48.7. The van der Waals surface area contributed by atoms with Crippen LogP contribution in [0, 0.1) is 0 Å². The summed E-state index contributed by atoms with van der Waals surface area (Å²) >= 11 is 0. The molecule has 0 aliphatic rings. The number of aromatic nitrogens is 6. The van der Waals surface area contributed by atoms with Crippen LogP contribution in [0.3, 0.4) is 0 Å². The zero-order valence-electron chi connectivity index (χ0n) is 15.6. The molecule has 0 bridgehead atoms. The average molecular weight is 433 g/mol. The molecule has 0 aliphatic carbocycles. The topological polar surface area (TPSA) is 145 Å². The van der Waals surface area contributed by atoms with Gasteiger partial charge < -0.3 is 20.2 Å². The van der Waals surface area contributed by atoms with Crippen LogP contribution in [0.4, 0.5) is 18.0 Å². The van der Waals surface area contributed by atoms with Crippen molar-refractivity contribution in [3.05, 3.63) is 43.2 Å². The minimum atomic E-state index is -4.82. The molecule has 0 saturated carbocycles. The highest BCUT2D eigenvalue weighted by atomic mass is 19.4. The van der Waals surface area contributed by atoms with Crippen molar-refractivity contribution in [3.63, 3.8) is 0 Å². The number of pyridine rings is 1. The second kappa shape index (κ2) is 7.93. The summed E-state index contributed by atoms with van der Waals surface area (Å²) in [4.78, 5) is 26.0. The lowest BCUT2D eigenvalue weighted by molar-refractivity contribution is -0.204. The van der Waals surface area contributed by atoms with Crippen LogP contribution >= 0.6 is 0 Å². The normalized spacial score (nSPS) is 12.6. The van der Waals surface area contributed by atoms with Crippen molar-refractivity contribution in [2.75, 3.05) is 6.61 Å². The van der Waals surface area contributed by atoms with Crippen molar-refractivity contribution in [2.24, 2.45) is 5.73 Å². The van der Waals surface area contributed by atoms with Crippen LogP contribution in [-0.4, -0.2) is 55.1 Å². The van der Waals surface area contributed by atoms with E-state index < -0.39 is 30.9 Å². The number of halogens is 3. The molecule has 4 aromatic heterocycles. The molecule has 160 valence electrons. The summed E-state index contributed by atoms with van der Waals surface area (Å²) in [5.41, 5.74) is 7.70. The quantitative estimate of drug-likeness (QED) is 0.424. The number of carbonyl (C=O) groups excluding carboxylic acids is 1. The number of H-pyrrole nitrogens is 2. The standard InChI is InChI=1S/C18H14F3N7O3/c19-18(20,21)14(8-30-17(22)29)31-15-7-23-6-13(28-15)12-5-25-16-11(12)1-9(2-24-16)10-3-26-27-4-10/h1-7,14H,8H2,(H2,22,29)(H,24,25)(H,26,27). The third-order valence-electron chi connectivity index (χ3n) is 4.26. The fourth-order valence-electron chi connectivity index (χ4n) is 2.82. The van der Waals surface area contributed by atoms with E-state index in [2.05, 4.69) is 34.9 Å². The third-order valence-corrected chi connectivity index (χ3v) is 4.26. The number of hydrogen-bond acceptors (Lipinski definition) is 7. The largest absolute Gasteiger partial charge is 0.460 e. The molecule has 0 aromatic carbocycles. The van der Waals surface area contributed by atoms with E-state index in [1.807, 2.05) is 6.07 Å². The van der Waals surface area contributed by atoms with Crippen molar-refractivity contribution < 1.29 is 27.4 Å². The van der Waals surface area contributed by atoms with E-state index in [0.717, 1.165) is 17.3 Å². The second-order valence-electron chi connectivity index (χ2n) is 6.33. The lowest BCUT2D eigenvalue weighted by Gasteiger charge is -2.20. The first-order valence-electron chi connectivity index (χ1n) is 8.75. The van der Waals surface area contributed by atoms with Crippen LogP contribution in [0.15, 0.2) is 43.2 Å². The molecule has 0 spiro atoms. The predicted octanol–water partition coefficient (Wildman–Crippen LogP) is 2.82. The van der Waals surface area contributed by atoms with E-state index in [9.17, 15) is 18.0 Å². The molecule has 31 heavy (non-hydrogen) atoms. The molecule has 0 fully saturated rings. The molecule has 0 radical (unpaired) electrons. The minimum Gasteiger partial charge on any atom is -0.460 e. The van der Waals surface area contributed by atoms with E-state index in [1.54, 1.807) is 24.8 Å². The Labute approximate surface area is 171 Å². The number of primary amides is 1. The van der Waals surface area contributed by atoms with Crippen LogP contribution in [0.5, 0.6) is 5.88 Å². The van der Waals surface area contributed by atoms with Crippen LogP contribution in [-0.2, 0) is 4.74 Å². The molecular formula is C18H14F3N7O3. The van der Waals surface area contributed by atoms with E-state index in [4.69, 9.17) is 10.5 Å². The lowest BCUT2D eigenvalue weighted by Crippen LogP contribution is -2.40. The summed E-state index contributed by atoms with van der Waals surface area (Å²) in [6.07, 6.45) is 0.382. The van der Waals surface area contributed by atoms with Gasteiger partial charge in [-0.15, -0.1) is 0 Å². The summed E-state index contributed by atoms with van der Waals surface area (Å²) in [5.74, 6) is -0.402. The van der Waals surface area contributed by atoms with Crippen LogP contribution in [0.2, 0.25) is 0 Å². The number of amides is 1. The highest BCUT2D eigenvalue weighted by molar-refractivity contribution is 5.94. The average Bonchev–Trinajstić information content (AvgIpc) is 3.39. The highest BCUT2D eigenvalue weighted by Crippen LogP contribution is 2.31. The molecular weight excluding hydrogens is 419 g/mol. The van der Waals surface area contributed by atoms with E-state index >= 15 is 0 Å². The van der Waals surface area contributed by atoms with Crippen LogP contribution in [0.1, 0.15) is 0 Å². The Morgan fingerprint density at radius 3 is 2.71 bits per heavy atom. The molecule has 4 heterocycles. The van der Waals surface area contributed by atoms with Crippen molar-refractivity contribution in [2.45, 2.75) is 12.3 Å². The van der Waals surface area contributed by atoms with E-state index in [1.165, 1.54) is 6.20 Å². The van der Waals surface area contributed by atoms with Crippen LogP contribution in [0.25, 0.3) is 33.4 Å². The van der Waals surface area contributed by atoms with Gasteiger partial charge in [0.1, 0.15) is 12.3 Å². The van der Waals surface area contributed by atoms with Gasteiger partial charge in [-0.3, -0.25) is 10.1 Å². The van der Waals surface area contributed by atoms with Gasteiger partial charge >= 0.3 is 12.3 Å². The second-order valence-corrected chi connectivity index (χ2v) is 6.33. The Hall–Kier alpha value is -4.16. The SMILES string of the molecule is NC(=O)OCC(Oc1cncc(-c2c[nH]c3ncc(-c4cn[nH]c4)cc23)n1)C(F)(F)F. The maximum atomic E-state index is 13.2. The molecule has 0 aliphatic heterocycles. The number of nitrogens with zero attached hydrogens (tertiary/aromatic N) is 4. The first-order chi connectivity index (χ1) is 14.8. The predicted molar refractivity (Wildman–Crippen MR) is 101 cm³/mol. The highest BCUT2D eigenvalue weighted by Gasteiger charge is 2.43. The Balaban J connectivity index is 1.65. The number of hydrogen-bond donors (Lipinski definition) is 3. The summed E-state index contributed by atoms with van der Waals surface area (Å²) in [5, 5.41) is 7.29. The smallest absolute Gasteiger partial charge is 0.428 e. The zero-order chi connectivity index (χ0) is 22.0. The Kier molecular flexibility index (Phi) is 5.15. The van der Waals surface area contributed by atoms with Gasteiger partial charge in [-0.05, 0) is 6.07 Å². The number of carbonyl (C=O) groups is 1. The zero-order valence-corrected chi connectivity index (χ0v) is 15.6. The van der Waals surface area contributed by atoms with Gasteiger partial charge in [-0.25, -0.2) is 14.8 Å². The molecule has 13 heteroatoms. The fourth-order valence-corrected chi connectivity index (χ4v) is 2.82. The molecule has 1 atom stereocenters. The monoisotopic (exact) mass is 433 g/mol. The lowest BCUT2D eigenvalue weighted by atomic mass is 10.1. The number of rotatable bonds is 6. The van der Waals surface area contributed by atoms with E-state index in [0.29, 0.717) is 16.6 Å². The van der Waals surface area contributed by atoms with Gasteiger partial charge in [-0.1, -0.05) is 0 Å². The summed E-state index contributed by atoms with van der Waals surface area (Å²) in [6.45, 7) is -1.12. The minimum absolute atomic E-state index is 0.256. The molecule has 4 N–H and O–H groups in total. The fraction of sp³-hybridized carbons (Fsp3) is 0.167. The summed E-state index contributed by atoms with van der Waals surface area (Å²) in [6, 6.07) is 1.84. The Bertz CT molecular complexity index is 1210. The van der Waals surface area contributed by atoms with E-state index in [-0.39, 0.29) is 5.69 Å². The van der Waals surface area contributed by atoms with Crippen molar-refractivity contribution in [3.8, 4) is 28.3 Å². The van der Waals surface area contributed by atoms with Gasteiger partial charge in [0.2, 0.25) is 12.0 Å². The number of fused-ring (bicyclic) bond motifs is 1. The number of alkyl halides is 3. The van der Waals surface area contributed by atoms with Gasteiger partial charge in [-0.2, -0.15) is 18.3 Å². The van der Waals surface area contributed by atoms with Crippen LogP contribution < -0.4 is 10.5 Å². The van der Waals surface area contributed by atoms with Crippen molar-refractivity contribution >= 4 is 17.1 Å². The van der Waals surface area contributed by atoms with Crippen molar-refractivity contribution in [1.29, 1.82) is 0 Å². The number of nitrogens with two attached hydrogens (primary N) is 1. The molecule has 10 nitrogen and oxygen atoms in total. The van der Waals surface area contributed by atoms with Gasteiger partial charge in [0.05, 0.1) is 24.3 Å². The van der Waals surface area contributed by atoms with Gasteiger partial charge in [0.25, 0.3) is 0 Å². The molecule has 0 saturated heterocycles. The van der Waals surface area contributed by atoms with Crippen molar-refractivity contribution in [1.82, 2.24) is 30.1 Å². The maximum Gasteiger partial charge on any atom is 0.428 e.